The molecule has 5 heteroatoms. The maximum absolute atomic E-state index is 11.7. The Balaban J connectivity index is 2.08. The minimum Gasteiger partial charge on any atom is -0.466 e. The van der Waals surface area contributed by atoms with Gasteiger partial charge in [-0.25, -0.2) is 4.79 Å². The standard InChI is InChI=1S/C35H53NO4/c1-8-31(20-17-27(5)13-11-23-39-34(37)9-2)36(33-21-18-28(6)29(7)25-33)32-16-10-14-30(19-22-32)15-12-24-40-35(38)26(3)4/h16,18-19,21-22,25,27,30-31H,3,8-15,17,20,23-24H2,1-2,4-7H3. The molecule has 0 fully saturated rings. The third-order valence-electron chi connectivity index (χ3n) is 8.00. The van der Waals surface area contributed by atoms with Crippen LogP contribution >= 0.6 is 0 Å². The number of carbonyl (C=O) groups is 2. The van der Waals surface area contributed by atoms with Gasteiger partial charge in [-0.15, -0.1) is 0 Å². The Bertz CT molecular complexity index is 1020. The molecule has 0 saturated carbocycles. The van der Waals surface area contributed by atoms with Gasteiger partial charge >= 0.3 is 11.9 Å². The molecule has 0 N–H and O–H groups in total. The Morgan fingerprint density at radius 2 is 1.80 bits per heavy atom. The number of hydrogen-bond donors (Lipinski definition) is 0. The first-order chi connectivity index (χ1) is 19.2. The highest BCUT2D eigenvalue weighted by Gasteiger charge is 2.23. The molecule has 0 radical (unpaired) electrons. The molecule has 222 valence electrons. The summed E-state index contributed by atoms with van der Waals surface area (Å²) in [5.41, 5.74) is 5.62. The molecule has 0 aromatic heterocycles. The molecule has 1 aromatic carbocycles. The van der Waals surface area contributed by atoms with Gasteiger partial charge < -0.3 is 14.4 Å². The number of aryl methyl sites for hydroxylation is 2. The molecule has 1 aromatic rings. The van der Waals surface area contributed by atoms with Crippen LogP contribution in [-0.4, -0.2) is 31.2 Å². The normalized spacial score (nSPS) is 16.4. The quantitative estimate of drug-likeness (QED) is 0.110. The van der Waals surface area contributed by atoms with Gasteiger partial charge in [-0.1, -0.05) is 45.6 Å². The molecule has 1 aliphatic rings. The van der Waals surface area contributed by atoms with E-state index in [0.29, 0.717) is 43.1 Å². The molecule has 1 aliphatic carbocycles. The van der Waals surface area contributed by atoms with Crippen LogP contribution in [0.3, 0.4) is 0 Å². The molecule has 5 nitrogen and oxygen atoms in total. The van der Waals surface area contributed by atoms with Crippen molar-refractivity contribution in [2.24, 2.45) is 11.8 Å². The third-order valence-corrected chi connectivity index (χ3v) is 8.00. The number of allylic oxidation sites excluding steroid dienone is 3. The second-order valence-electron chi connectivity index (χ2n) is 11.5. The van der Waals surface area contributed by atoms with Crippen molar-refractivity contribution < 1.29 is 19.1 Å². The third kappa shape index (κ3) is 11.3. The predicted molar refractivity (Wildman–Crippen MR) is 166 cm³/mol. The summed E-state index contributed by atoms with van der Waals surface area (Å²) in [6, 6.07) is 7.23. The van der Waals surface area contributed by atoms with Crippen molar-refractivity contribution in [3.8, 4) is 0 Å². The van der Waals surface area contributed by atoms with Gasteiger partial charge in [0.1, 0.15) is 0 Å². The largest absolute Gasteiger partial charge is 0.466 e. The maximum Gasteiger partial charge on any atom is 0.333 e. The smallest absolute Gasteiger partial charge is 0.333 e. The molecule has 2 rings (SSSR count). The molecule has 3 unspecified atom stereocenters. The number of anilines is 1. The highest BCUT2D eigenvalue weighted by atomic mass is 16.5. The summed E-state index contributed by atoms with van der Waals surface area (Å²) in [4.78, 5) is 25.6. The number of esters is 2. The van der Waals surface area contributed by atoms with Crippen LogP contribution in [0, 0.1) is 25.7 Å². The van der Waals surface area contributed by atoms with E-state index in [2.05, 4.69) is 75.6 Å². The van der Waals surface area contributed by atoms with E-state index in [1.807, 2.05) is 6.92 Å². The lowest BCUT2D eigenvalue weighted by atomic mass is 9.94. The zero-order valence-electron chi connectivity index (χ0n) is 26.0. The van der Waals surface area contributed by atoms with Gasteiger partial charge in [0.15, 0.2) is 0 Å². The predicted octanol–water partition coefficient (Wildman–Crippen LogP) is 8.79. The summed E-state index contributed by atoms with van der Waals surface area (Å²) in [7, 11) is 0. The molecule has 0 heterocycles. The number of ether oxygens (including phenoxy) is 2. The van der Waals surface area contributed by atoms with Gasteiger partial charge in [0.2, 0.25) is 0 Å². The summed E-state index contributed by atoms with van der Waals surface area (Å²) < 4.78 is 10.6. The van der Waals surface area contributed by atoms with Crippen LogP contribution in [0.1, 0.15) is 103 Å². The maximum atomic E-state index is 11.7. The fourth-order valence-electron chi connectivity index (χ4n) is 5.20. The lowest BCUT2D eigenvalue weighted by Crippen LogP contribution is -2.34. The fraction of sp³-hybridized carbons (Fsp3) is 0.600. The number of hydrogen-bond acceptors (Lipinski definition) is 5. The van der Waals surface area contributed by atoms with Crippen LogP contribution < -0.4 is 4.90 Å². The summed E-state index contributed by atoms with van der Waals surface area (Å²) in [5, 5.41) is 0. The molecule has 40 heavy (non-hydrogen) atoms. The van der Waals surface area contributed by atoms with Gasteiger partial charge in [-0.3, -0.25) is 4.79 Å². The fourth-order valence-corrected chi connectivity index (χ4v) is 5.20. The zero-order chi connectivity index (χ0) is 29.5. The van der Waals surface area contributed by atoms with E-state index in [-0.39, 0.29) is 11.9 Å². The molecule has 0 saturated heterocycles. The second kappa shape index (κ2) is 17.8. The van der Waals surface area contributed by atoms with Crippen LogP contribution in [0.2, 0.25) is 0 Å². The first kappa shape index (κ1) is 33.4. The van der Waals surface area contributed by atoms with Crippen molar-refractivity contribution in [1.29, 1.82) is 0 Å². The van der Waals surface area contributed by atoms with Gasteiger partial charge in [0.25, 0.3) is 0 Å². The van der Waals surface area contributed by atoms with E-state index in [1.54, 1.807) is 6.92 Å². The van der Waals surface area contributed by atoms with E-state index in [4.69, 9.17) is 9.47 Å². The highest BCUT2D eigenvalue weighted by Crippen LogP contribution is 2.32. The average Bonchev–Trinajstić information content (AvgIpc) is 3.18. The van der Waals surface area contributed by atoms with Crippen molar-refractivity contribution in [1.82, 2.24) is 0 Å². The minimum absolute atomic E-state index is 0.110. The monoisotopic (exact) mass is 551 g/mol. The number of benzene rings is 1. The Hall–Kier alpha value is -2.82. The first-order valence-corrected chi connectivity index (χ1v) is 15.4. The number of carbonyl (C=O) groups excluding carboxylic acids is 2. The second-order valence-corrected chi connectivity index (χ2v) is 11.5. The SMILES string of the molecule is C=C(C)C(=O)OCCCC1C=CC(N(c2ccc(C)c(C)c2)C(CC)CCC(C)CCCOC(=O)CC)=CCC1. The molecule has 3 atom stereocenters. The first-order valence-electron chi connectivity index (χ1n) is 15.4. The topological polar surface area (TPSA) is 55.8 Å². The van der Waals surface area contributed by atoms with E-state index < -0.39 is 0 Å². The molecule has 0 bridgehead atoms. The molecular weight excluding hydrogens is 498 g/mol. The van der Waals surface area contributed by atoms with Crippen molar-refractivity contribution >= 4 is 17.6 Å². The lowest BCUT2D eigenvalue weighted by molar-refractivity contribution is -0.143. The Morgan fingerprint density at radius 1 is 1.05 bits per heavy atom. The van der Waals surface area contributed by atoms with Crippen LogP contribution in [0.15, 0.2) is 54.3 Å². The van der Waals surface area contributed by atoms with Crippen LogP contribution in [0.4, 0.5) is 5.69 Å². The van der Waals surface area contributed by atoms with Crippen molar-refractivity contribution in [2.75, 3.05) is 18.1 Å². The minimum atomic E-state index is -0.302. The van der Waals surface area contributed by atoms with Crippen LogP contribution in [0.25, 0.3) is 0 Å². The molecule has 0 amide bonds. The van der Waals surface area contributed by atoms with Crippen LogP contribution in [0.5, 0.6) is 0 Å². The van der Waals surface area contributed by atoms with Crippen molar-refractivity contribution in [2.45, 2.75) is 112 Å². The van der Waals surface area contributed by atoms with Gasteiger partial charge in [-0.2, -0.15) is 0 Å². The number of nitrogens with zero attached hydrogens (tertiary/aromatic N) is 1. The van der Waals surface area contributed by atoms with E-state index in [1.165, 1.54) is 22.5 Å². The zero-order valence-corrected chi connectivity index (χ0v) is 26.0. The molecule has 0 aliphatic heterocycles. The molecular formula is C35H53NO4. The van der Waals surface area contributed by atoms with E-state index >= 15 is 0 Å². The average molecular weight is 552 g/mol. The summed E-state index contributed by atoms with van der Waals surface area (Å²) in [6.07, 6.45) is 16.8. The van der Waals surface area contributed by atoms with E-state index in [9.17, 15) is 9.59 Å². The Labute approximate surface area is 243 Å². The Kier molecular flexibility index (Phi) is 14.8. The Morgan fingerprint density at radius 3 is 2.48 bits per heavy atom. The summed E-state index contributed by atoms with van der Waals surface area (Å²) >= 11 is 0. The van der Waals surface area contributed by atoms with E-state index in [0.717, 1.165) is 57.8 Å². The number of rotatable bonds is 17. The van der Waals surface area contributed by atoms with Crippen LogP contribution in [-0.2, 0) is 19.1 Å². The summed E-state index contributed by atoms with van der Waals surface area (Å²) in [5.74, 6) is 0.643. The lowest BCUT2D eigenvalue weighted by Gasteiger charge is -2.35. The van der Waals surface area contributed by atoms with Gasteiger partial charge in [0, 0.05) is 29.4 Å². The molecule has 0 spiro atoms. The van der Waals surface area contributed by atoms with Crippen molar-refractivity contribution in [3.05, 3.63) is 65.4 Å². The summed E-state index contributed by atoms with van der Waals surface area (Å²) in [6.45, 7) is 17.1. The highest BCUT2D eigenvalue weighted by molar-refractivity contribution is 5.86. The van der Waals surface area contributed by atoms with Crippen molar-refractivity contribution in [3.63, 3.8) is 0 Å². The van der Waals surface area contributed by atoms with Gasteiger partial charge in [-0.05, 0) is 120 Å². The van der Waals surface area contributed by atoms with Gasteiger partial charge in [0.05, 0.1) is 13.2 Å².